The van der Waals surface area contributed by atoms with Crippen LogP contribution in [0, 0.1) is 0 Å². The van der Waals surface area contributed by atoms with Crippen molar-refractivity contribution in [1.29, 1.82) is 0 Å². The number of nitrogens with zero attached hydrogens (tertiary/aromatic N) is 1. The summed E-state index contributed by atoms with van der Waals surface area (Å²) in [5.74, 6) is 0.0771. The van der Waals surface area contributed by atoms with Crippen LogP contribution in [-0.2, 0) is 16.0 Å². The Bertz CT molecular complexity index is 703. The van der Waals surface area contributed by atoms with E-state index >= 15 is 0 Å². The van der Waals surface area contributed by atoms with Gasteiger partial charge in [-0.05, 0) is 36.2 Å². The van der Waals surface area contributed by atoms with Gasteiger partial charge in [-0.1, -0.05) is 12.1 Å². The van der Waals surface area contributed by atoms with Crippen LogP contribution in [0.5, 0.6) is 5.75 Å². The molecule has 0 aliphatic carbocycles. The van der Waals surface area contributed by atoms with Gasteiger partial charge in [0.1, 0.15) is 5.75 Å². The van der Waals surface area contributed by atoms with Gasteiger partial charge in [0.25, 0.3) is 5.91 Å². The molecule has 23 heavy (non-hydrogen) atoms. The van der Waals surface area contributed by atoms with E-state index in [2.05, 4.69) is 15.6 Å². The Balaban J connectivity index is 1.49. The van der Waals surface area contributed by atoms with Gasteiger partial charge in [0.15, 0.2) is 6.10 Å². The van der Waals surface area contributed by atoms with Crippen molar-refractivity contribution < 1.29 is 14.3 Å². The molecule has 0 saturated carbocycles. The first kappa shape index (κ1) is 15.0. The number of carbonyl (C=O) groups excluding carboxylic acids is 2. The van der Waals surface area contributed by atoms with Crippen molar-refractivity contribution in [3.63, 3.8) is 0 Å². The average molecular weight is 311 g/mol. The molecule has 118 valence electrons. The normalized spacial score (nSPS) is 16.0. The van der Waals surface area contributed by atoms with E-state index in [1.54, 1.807) is 24.5 Å². The maximum Gasteiger partial charge on any atom is 0.266 e. The largest absolute Gasteiger partial charge is 0.478 e. The second-order valence-corrected chi connectivity index (χ2v) is 5.25. The number of ether oxygens (including phenoxy) is 1. The van der Waals surface area contributed by atoms with Crippen LogP contribution in [0.4, 0.5) is 5.69 Å². The minimum atomic E-state index is -0.800. The van der Waals surface area contributed by atoms with E-state index < -0.39 is 6.10 Å². The molecule has 0 spiro atoms. The zero-order valence-electron chi connectivity index (χ0n) is 12.5. The Morgan fingerprint density at radius 2 is 2.00 bits per heavy atom. The second kappa shape index (κ2) is 6.91. The predicted molar refractivity (Wildman–Crippen MR) is 85.1 cm³/mol. The molecule has 1 aromatic heterocycles. The van der Waals surface area contributed by atoms with Crippen LogP contribution in [0.15, 0.2) is 48.8 Å². The molecule has 6 heteroatoms. The molecule has 0 radical (unpaired) electrons. The van der Waals surface area contributed by atoms with Crippen LogP contribution in [-0.4, -0.2) is 29.4 Å². The van der Waals surface area contributed by atoms with Gasteiger partial charge in [-0.3, -0.25) is 14.6 Å². The number of anilines is 1. The molecular formula is C17H17N3O3. The van der Waals surface area contributed by atoms with Crippen LogP contribution in [0.2, 0.25) is 0 Å². The van der Waals surface area contributed by atoms with Gasteiger partial charge in [-0.25, -0.2) is 0 Å². The molecule has 0 fully saturated rings. The second-order valence-electron chi connectivity index (χ2n) is 5.25. The zero-order chi connectivity index (χ0) is 16.1. The number of fused-ring (bicyclic) bond motifs is 1. The Morgan fingerprint density at radius 1 is 1.22 bits per heavy atom. The molecule has 1 aliphatic rings. The molecule has 2 aromatic rings. The fraction of sp³-hybridized carbons (Fsp3) is 0.235. The first-order valence-corrected chi connectivity index (χ1v) is 7.44. The SMILES string of the molecule is O=C(CC1Oc2ccccc2NC1=O)NCCc1ccncc1. The Hall–Kier alpha value is -2.89. The third kappa shape index (κ3) is 3.85. The summed E-state index contributed by atoms with van der Waals surface area (Å²) in [6, 6.07) is 11.0. The highest BCUT2D eigenvalue weighted by Gasteiger charge is 2.29. The lowest BCUT2D eigenvalue weighted by molar-refractivity contribution is -0.130. The van der Waals surface area contributed by atoms with E-state index in [1.807, 2.05) is 24.3 Å². The number of hydrogen-bond acceptors (Lipinski definition) is 4. The quantitative estimate of drug-likeness (QED) is 0.877. The lowest BCUT2D eigenvalue weighted by Crippen LogP contribution is -2.41. The first-order valence-electron chi connectivity index (χ1n) is 7.44. The third-order valence-corrected chi connectivity index (χ3v) is 3.56. The summed E-state index contributed by atoms with van der Waals surface area (Å²) < 4.78 is 5.60. The van der Waals surface area contributed by atoms with Gasteiger partial charge in [0.2, 0.25) is 5.91 Å². The molecule has 0 saturated heterocycles. The fourth-order valence-corrected chi connectivity index (χ4v) is 2.36. The fourth-order valence-electron chi connectivity index (χ4n) is 2.36. The molecule has 1 aromatic carbocycles. The van der Waals surface area contributed by atoms with Crippen molar-refractivity contribution in [2.75, 3.05) is 11.9 Å². The lowest BCUT2D eigenvalue weighted by Gasteiger charge is -2.25. The molecule has 3 rings (SSSR count). The summed E-state index contributed by atoms with van der Waals surface area (Å²) in [5, 5.41) is 5.55. The summed E-state index contributed by atoms with van der Waals surface area (Å²) >= 11 is 0. The molecule has 2 N–H and O–H groups in total. The number of amides is 2. The highest BCUT2D eigenvalue weighted by Crippen LogP contribution is 2.29. The average Bonchev–Trinajstić information content (AvgIpc) is 2.56. The van der Waals surface area contributed by atoms with Crippen molar-refractivity contribution in [2.45, 2.75) is 18.9 Å². The zero-order valence-corrected chi connectivity index (χ0v) is 12.5. The number of rotatable bonds is 5. The van der Waals surface area contributed by atoms with E-state index in [9.17, 15) is 9.59 Å². The summed E-state index contributed by atoms with van der Waals surface area (Å²) in [4.78, 5) is 27.9. The number of benzene rings is 1. The van der Waals surface area contributed by atoms with E-state index in [0.29, 0.717) is 18.0 Å². The highest BCUT2D eigenvalue weighted by atomic mass is 16.5. The monoisotopic (exact) mass is 311 g/mol. The van der Waals surface area contributed by atoms with E-state index in [1.165, 1.54) is 0 Å². The van der Waals surface area contributed by atoms with Gasteiger partial charge in [-0.15, -0.1) is 0 Å². The van der Waals surface area contributed by atoms with Gasteiger partial charge < -0.3 is 15.4 Å². The van der Waals surface area contributed by atoms with Crippen molar-refractivity contribution in [3.05, 3.63) is 54.4 Å². The minimum absolute atomic E-state index is 0.00346. The van der Waals surface area contributed by atoms with Gasteiger partial charge >= 0.3 is 0 Å². The predicted octanol–water partition coefficient (Wildman–Crippen LogP) is 1.53. The molecule has 1 aliphatic heterocycles. The molecule has 0 bridgehead atoms. The van der Waals surface area contributed by atoms with Gasteiger partial charge in [0, 0.05) is 18.9 Å². The van der Waals surface area contributed by atoms with Crippen molar-refractivity contribution in [2.24, 2.45) is 0 Å². The van der Waals surface area contributed by atoms with Crippen molar-refractivity contribution in [1.82, 2.24) is 10.3 Å². The number of hydrogen-bond donors (Lipinski definition) is 2. The highest BCUT2D eigenvalue weighted by molar-refractivity contribution is 5.99. The number of pyridine rings is 1. The molecule has 2 amide bonds. The number of para-hydroxylation sites is 2. The van der Waals surface area contributed by atoms with E-state index in [4.69, 9.17) is 4.74 Å². The third-order valence-electron chi connectivity index (χ3n) is 3.56. The number of aromatic nitrogens is 1. The molecular weight excluding hydrogens is 294 g/mol. The van der Waals surface area contributed by atoms with Crippen LogP contribution < -0.4 is 15.4 Å². The van der Waals surface area contributed by atoms with Crippen LogP contribution >= 0.6 is 0 Å². The molecule has 2 heterocycles. The maximum atomic E-state index is 12.0. The van der Waals surface area contributed by atoms with E-state index in [-0.39, 0.29) is 18.2 Å². The van der Waals surface area contributed by atoms with Crippen LogP contribution in [0.3, 0.4) is 0 Å². The Morgan fingerprint density at radius 3 is 2.83 bits per heavy atom. The molecule has 1 unspecified atom stereocenters. The smallest absolute Gasteiger partial charge is 0.266 e. The summed E-state index contributed by atoms with van der Waals surface area (Å²) in [5.41, 5.74) is 1.73. The minimum Gasteiger partial charge on any atom is -0.478 e. The summed E-state index contributed by atoms with van der Waals surface area (Å²) in [6.07, 6.45) is 3.35. The molecule has 6 nitrogen and oxygen atoms in total. The Labute approximate surface area is 133 Å². The van der Waals surface area contributed by atoms with Crippen molar-refractivity contribution >= 4 is 17.5 Å². The lowest BCUT2D eigenvalue weighted by atomic mass is 10.1. The van der Waals surface area contributed by atoms with Crippen LogP contribution in [0.25, 0.3) is 0 Å². The maximum absolute atomic E-state index is 12.0. The topological polar surface area (TPSA) is 80.3 Å². The van der Waals surface area contributed by atoms with Gasteiger partial charge in [0.05, 0.1) is 12.1 Å². The Kier molecular flexibility index (Phi) is 4.52. The number of carbonyl (C=O) groups is 2. The standard InChI is InChI=1S/C17H17N3O3/c21-16(19-10-7-12-5-8-18-9-6-12)11-15-17(22)20-13-3-1-2-4-14(13)23-15/h1-6,8-9,15H,7,10-11H2,(H,19,21)(H,20,22). The molecule has 1 atom stereocenters. The first-order chi connectivity index (χ1) is 11.2. The summed E-state index contributed by atoms with van der Waals surface area (Å²) in [6.45, 7) is 0.508. The number of nitrogens with one attached hydrogen (secondary N) is 2. The van der Waals surface area contributed by atoms with E-state index in [0.717, 1.165) is 12.0 Å². The van der Waals surface area contributed by atoms with Gasteiger partial charge in [-0.2, -0.15) is 0 Å². The summed E-state index contributed by atoms with van der Waals surface area (Å²) in [7, 11) is 0. The van der Waals surface area contributed by atoms with Crippen LogP contribution in [0.1, 0.15) is 12.0 Å². The van der Waals surface area contributed by atoms with Crippen molar-refractivity contribution in [3.8, 4) is 5.75 Å².